The fourth-order valence-electron chi connectivity index (χ4n) is 8.46. The third kappa shape index (κ3) is 5.08. The van der Waals surface area contributed by atoms with Crippen molar-refractivity contribution in [3.63, 3.8) is 0 Å². The molecule has 5 aliphatic heterocycles. The van der Waals surface area contributed by atoms with Crippen molar-refractivity contribution in [2.24, 2.45) is 0 Å². The molecule has 3 aromatic heterocycles. The van der Waals surface area contributed by atoms with Crippen LogP contribution >= 0.6 is 0 Å². The Morgan fingerprint density at radius 3 is 2.83 bits per heavy atom. The summed E-state index contributed by atoms with van der Waals surface area (Å²) in [6.45, 7) is 4.33. The van der Waals surface area contributed by atoms with E-state index in [1.165, 1.54) is 4.90 Å². The molecule has 6 bridgehead atoms. The van der Waals surface area contributed by atoms with Crippen LogP contribution in [0, 0.1) is 12.7 Å². The van der Waals surface area contributed by atoms with Gasteiger partial charge in [0.05, 0.1) is 22.6 Å². The molecule has 0 unspecified atom stereocenters. The van der Waals surface area contributed by atoms with E-state index < -0.39 is 29.6 Å². The summed E-state index contributed by atoms with van der Waals surface area (Å²) >= 11 is 0. The molecule has 3 saturated heterocycles. The first-order valence-electron chi connectivity index (χ1n) is 16.7. The Morgan fingerprint density at radius 2 is 1.96 bits per heavy atom. The molecule has 8 heterocycles. The predicted octanol–water partition coefficient (Wildman–Crippen LogP) is 5.07. The van der Waals surface area contributed by atoms with E-state index in [0.29, 0.717) is 67.5 Å². The minimum atomic E-state index is -1.64. The van der Waals surface area contributed by atoms with E-state index in [2.05, 4.69) is 20.1 Å². The van der Waals surface area contributed by atoms with Gasteiger partial charge < -0.3 is 14.5 Å². The molecule has 0 radical (unpaired) electrons. The number of amides is 1. The van der Waals surface area contributed by atoms with Gasteiger partial charge in [0, 0.05) is 56.3 Å². The lowest BCUT2D eigenvalue weighted by atomic mass is 9.91. The molecule has 5 aliphatic rings. The Balaban J connectivity index is 1.30. The second-order valence-electron chi connectivity index (χ2n) is 13.8. The zero-order chi connectivity index (χ0) is 32.4. The highest BCUT2D eigenvalue weighted by Crippen LogP contribution is 2.42. The number of piperidine rings is 1. The fourth-order valence-corrected chi connectivity index (χ4v) is 8.46. The van der Waals surface area contributed by atoms with Crippen molar-refractivity contribution in [1.82, 2.24) is 34.9 Å². The van der Waals surface area contributed by atoms with Crippen LogP contribution in [0.25, 0.3) is 33.1 Å². The van der Waals surface area contributed by atoms with Crippen molar-refractivity contribution in [2.45, 2.75) is 82.2 Å². The van der Waals surface area contributed by atoms with Gasteiger partial charge in [-0.15, -0.1) is 0 Å². The number of anilines is 1. The quantitative estimate of drug-likeness (QED) is 0.329. The van der Waals surface area contributed by atoms with Gasteiger partial charge in [-0.3, -0.25) is 19.8 Å². The number of ether oxygens (including phenoxy) is 1. The third-order valence-electron chi connectivity index (χ3n) is 10.9. The van der Waals surface area contributed by atoms with Gasteiger partial charge in [-0.25, -0.2) is 13.2 Å². The second-order valence-corrected chi connectivity index (χ2v) is 13.8. The van der Waals surface area contributed by atoms with Crippen molar-refractivity contribution >= 4 is 33.5 Å². The second kappa shape index (κ2) is 11.6. The Bertz CT molecular complexity index is 1870. The maximum absolute atomic E-state index is 17.1. The van der Waals surface area contributed by atoms with Crippen LogP contribution < -0.4 is 9.64 Å². The summed E-state index contributed by atoms with van der Waals surface area (Å²) in [6.07, 6.45) is 5.20. The number of hydrogen-bond donors (Lipinski definition) is 1. The topological polar surface area (TPSA) is 103 Å². The number of likely N-dealkylation sites (N-methyl/N-ethyl adjacent to an activating group) is 1. The standard InChI is InChI=1S/C34H39F3N8O2/c1-19-12-26-23(15-39-42-26)27-22(19)7-3-8-25(36)32(46)43(2)21-6-4-10-44(17-21)31-24-14-38-30(27)28(37)29(24)40-33(41-31)47-18-34-9-5-11-45(34)16-20(35)13-34/h12,14-15,20-21,25H,3-11,13,16-18H2,1-2H3,(H,39,42)/t20-,21-,25-,34+/m1/s1. The minimum Gasteiger partial charge on any atom is -0.461 e. The third-order valence-corrected chi connectivity index (χ3v) is 10.9. The van der Waals surface area contributed by atoms with E-state index >= 15 is 8.78 Å². The molecule has 1 amide bonds. The van der Waals surface area contributed by atoms with Crippen molar-refractivity contribution in [2.75, 3.05) is 44.7 Å². The SMILES string of the molecule is Cc1cc2[nH]ncc2c2c1CCC[C@@H](F)C(=O)N(C)[C@@H]1CCCN(C1)c1nc(OC[C@@]34CCCN3C[C@H](F)C4)nc3c(F)c-2ncc13. The molecule has 0 spiro atoms. The van der Waals surface area contributed by atoms with Crippen LogP contribution in [0.15, 0.2) is 18.5 Å². The van der Waals surface area contributed by atoms with Crippen LogP contribution in [0.5, 0.6) is 6.01 Å². The van der Waals surface area contributed by atoms with Crippen LogP contribution in [-0.4, -0.2) is 105 Å². The van der Waals surface area contributed by atoms with Gasteiger partial charge in [-0.1, -0.05) is 0 Å². The molecule has 248 valence electrons. The molecule has 0 saturated carbocycles. The van der Waals surface area contributed by atoms with Crippen molar-refractivity contribution in [3.05, 3.63) is 35.4 Å². The summed E-state index contributed by atoms with van der Waals surface area (Å²) in [7, 11) is 1.66. The van der Waals surface area contributed by atoms with E-state index in [-0.39, 0.29) is 36.3 Å². The van der Waals surface area contributed by atoms with Gasteiger partial charge in [0.2, 0.25) is 0 Å². The van der Waals surface area contributed by atoms with E-state index in [0.717, 1.165) is 42.5 Å². The summed E-state index contributed by atoms with van der Waals surface area (Å²) < 4.78 is 53.3. The smallest absolute Gasteiger partial charge is 0.319 e. The normalized spacial score (nSPS) is 26.9. The van der Waals surface area contributed by atoms with Gasteiger partial charge >= 0.3 is 6.01 Å². The zero-order valence-electron chi connectivity index (χ0n) is 26.7. The molecular weight excluding hydrogens is 609 g/mol. The number of aromatic nitrogens is 5. The number of hydrogen-bond acceptors (Lipinski definition) is 8. The summed E-state index contributed by atoms with van der Waals surface area (Å²) in [6, 6.07) is 1.71. The lowest BCUT2D eigenvalue weighted by molar-refractivity contribution is -0.137. The largest absolute Gasteiger partial charge is 0.461 e. The molecule has 10 nitrogen and oxygen atoms in total. The first-order chi connectivity index (χ1) is 22.7. The van der Waals surface area contributed by atoms with Crippen LogP contribution in [0.3, 0.4) is 0 Å². The Morgan fingerprint density at radius 1 is 1.09 bits per heavy atom. The van der Waals surface area contributed by atoms with Crippen molar-refractivity contribution < 1.29 is 22.7 Å². The first-order valence-corrected chi connectivity index (χ1v) is 16.7. The number of carbonyl (C=O) groups excluding carboxylic acids is 1. The Hall–Kier alpha value is -4.00. The van der Waals surface area contributed by atoms with Crippen molar-refractivity contribution in [3.8, 4) is 17.3 Å². The highest BCUT2D eigenvalue weighted by Gasteiger charge is 2.49. The Kier molecular flexibility index (Phi) is 7.49. The van der Waals surface area contributed by atoms with Gasteiger partial charge in [0.15, 0.2) is 12.0 Å². The van der Waals surface area contributed by atoms with E-state index in [1.54, 1.807) is 19.4 Å². The number of alkyl halides is 2. The summed E-state index contributed by atoms with van der Waals surface area (Å²) in [5.41, 5.74) is 2.77. The number of nitrogens with one attached hydrogen (secondary N) is 1. The number of pyridine rings is 1. The molecule has 1 aromatic carbocycles. The number of H-pyrrole nitrogens is 1. The van der Waals surface area contributed by atoms with Gasteiger partial charge in [0.1, 0.15) is 29.8 Å². The average Bonchev–Trinajstić information content (AvgIpc) is 3.77. The van der Waals surface area contributed by atoms with Gasteiger partial charge in [0.25, 0.3) is 5.91 Å². The van der Waals surface area contributed by atoms with E-state index in [9.17, 15) is 9.18 Å². The number of nitrogens with zero attached hydrogens (tertiary/aromatic N) is 7. The number of benzene rings is 1. The first kappa shape index (κ1) is 30.3. The summed E-state index contributed by atoms with van der Waals surface area (Å²) in [4.78, 5) is 33.1. The fraction of sp³-hybridized carbons (Fsp3) is 0.559. The van der Waals surface area contributed by atoms with Gasteiger partial charge in [-0.2, -0.15) is 15.1 Å². The molecule has 0 aliphatic carbocycles. The number of carbonyl (C=O) groups is 1. The highest BCUT2D eigenvalue weighted by atomic mass is 19.1. The number of halogens is 3. The zero-order valence-corrected chi connectivity index (χ0v) is 26.7. The molecular formula is C34H39F3N8O2. The highest BCUT2D eigenvalue weighted by molar-refractivity contribution is 5.99. The number of aromatic amines is 1. The maximum atomic E-state index is 17.1. The minimum absolute atomic E-state index is 0.0153. The Labute approximate surface area is 270 Å². The average molecular weight is 649 g/mol. The van der Waals surface area contributed by atoms with E-state index in [1.807, 2.05) is 17.9 Å². The van der Waals surface area contributed by atoms with Crippen LogP contribution in [-0.2, 0) is 11.2 Å². The molecule has 1 N–H and O–H groups in total. The molecule has 47 heavy (non-hydrogen) atoms. The lowest BCUT2D eigenvalue weighted by Crippen LogP contribution is -2.50. The molecule has 4 atom stereocenters. The monoisotopic (exact) mass is 648 g/mol. The molecule has 9 rings (SSSR count). The lowest BCUT2D eigenvalue weighted by Gasteiger charge is -2.39. The van der Waals surface area contributed by atoms with E-state index in [4.69, 9.17) is 14.7 Å². The molecule has 3 fully saturated rings. The van der Waals surface area contributed by atoms with Crippen LogP contribution in [0.1, 0.15) is 56.1 Å². The molecule has 4 aromatic rings. The van der Waals surface area contributed by atoms with Crippen LogP contribution in [0.2, 0.25) is 0 Å². The van der Waals surface area contributed by atoms with Crippen LogP contribution in [0.4, 0.5) is 19.0 Å². The van der Waals surface area contributed by atoms with Gasteiger partial charge in [-0.05, 0) is 75.6 Å². The maximum Gasteiger partial charge on any atom is 0.319 e. The van der Waals surface area contributed by atoms with Crippen molar-refractivity contribution in [1.29, 1.82) is 0 Å². The predicted molar refractivity (Wildman–Crippen MR) is 172 cm³/mol. The number of rotatable bonds is 3. The molecule has 13 heteroatoms. The summed E-state index contributed by atoms with van der Waals surface area (Å²) in [5.74, 6) is -0.680. The summed E-state index contributed by atoms with van der Waals surface area (Å²) in [5, 5.41) is 8.32. The number of fused-ring (bicyclic) bond motifs is 8. The number of aryl methyl sites for hydroxylation is 1.